The molecule has 0 radical (unpaired) electrons. The average molecular weight is 242 g/mol. The molecule has 0 fully saturated rings. The molecule has 0 amide bonds. The molecule has 0 spiro atoms. The van der Waals surface area contributed by atoms with Gasteiger partial charge in [-0.05, 0) is 24.3 Å². The lowest BCUT2D eigenvalue weighted by atomic mass is 9.91. The van der Waals surface area contributed by atoms with Gasteiger partial charge in [-0.15, -0.1) is 0 Å². The topological polar surface area (TPSA) is 17.8 Å². The second-order valence-electron chi connectivity index (χ2n) is 6.11. The highest BCUT2D eigenvalue weighted by atomic mass is 15.1. The number of hydrogen-bond donors (Lipinski definition) is 0. The Morgan fingerprint density at radius 3 is 2.39 bits per heavy atom. The molecule has 2 heteroatoms. The van der Waals surface area contributed by atoms with Crippen molar-refractivity contribution in [3.8, 4) is 0 Å². The molecule has 0 N–H and O–H groups in total. The van der Waals surface area contributed by atoms with Crippen LogP contribution in [0.25, 0.3) is 0 Å². The Labute approximate surface area is 110 Å². The zero-order valence-corrected chi connectivity index (χ0v) is 11.8. The Hall–Kier alpha value is -1.57. The van der Waals surface area contributed by atoms with Crippen LogP contribution < -0.4 is 0 Å². The van der Waals surface area contributed by atoms with E-state index >= 15 is 0 Å². The summed E-state index contributed by atoms with van der Waals surface area (Å²) in [7, 11) is 0. The van der Waals surface area contributed by atoms with E-state index in [4.69, 9.17) is 0 Å². The van der Waals surface area contributed by atoms with Crippen LogP contribution in [0.2, 0.25) is 0 Å². The van der Waals surface area contributed by atoms with Crippen molar-refractivity contribution >= 4 is 0 Å². The van der Waals surface area contributed by atoms with Gasteiger partial charge < -0.3 is 4.57 Å². The Kier molecular flexibility index (Phi) is 3.55. The standard InChI is InChI=1S/C16H22N2/c1-13-17-11-15(10-16(2,3)4)18(13)12-14-8-6-5-7-9-14/h5-9,11H,10,12H2,1-4H3. The molecule has 96 valence electrons. The number of aryl methyl sites for hydroxylation is 1. The molecule has 1 heterocycles. The van der Waals surface area contributed by atoms with E-state index in [2.05, 4.69) is 67.6 Å². The van der Waals surface area contributed by atoms with Gasteiger partial charge in [-0.1, -0.05) is 51.1 Å². The summed E-state index contributed by atoms with van der Waals surface area (Å²) in [6.45, 7) is 9.79. The monoisotopic (exact) mass is 242 g/mol. The molecule has 1 aromatic heterocycles. The molecule has 1 aromatic carbocycles. The van der Waals surface area contributed by atoms with Crippen LogP contribution >= 0.6 is 0 Å². The van der Waals surface area contributed by atoms with Crippen molar-refractivity contribution < 1.29 is 0 Å². The van der Waals surface area contributed by atoms with Crippen LogP contribution in [0.5, 0.6) is 0 Å². The second kappa shape index (κ2) is 4.97. The lowest BCUT2D eigenvalue weighted by Gasteiger charge is -2.19. The molecule has 0 bridgehead atoms. The fourth-order valence-corrected chi connectivity index (χ4v) is 2.18. The van der Waals surface area contributed by atoms with Gasteiger partial charge in [0, 0.05) is 18.4 Å². The predicted molar refractivity (Wildman–Crippen MR) is 75.7 cm³/mol. The Morgan fingerprint density at radius 2 is 1.78 bits per heavy atom. The zero-order valence-electron chi connectivity index (χ0n) is 11.8. The number of imidazole rings is 1. The van der Waals surface area contributed by atoms with E-state index in [9.17, 15) is 0 Å². The zero-order chi connectivity index (χ0) is 13.2. The van der Waals surface area contributed by atoms with E-state index in [1.54, 1.807) is 0 Å². The maximum Gasteiger partial charge on any atom is 0.106 e. The normalized spacial score (nSPS) is 11.8. The van der Waals surface area contributed by atoms with Gasteiger partial charge >= 0.3 is 0 Å². The Bertz CT molecular complexity index is 504. The van der Waals surface area contributed by atoms with E-state index in [1.807, 2.05) is 6.20 Å². The maximum absolute atomic E-state index is 4.46. The number of hydrogen-bond acceptors (Lipinski definition) is 1. The number of aromatic nitrogens is 2. The summed E-state index contributed by atoms with van der Waals surface area (Å²) in [4.78, 5) is 4.46. The van der Waals surface area contributed by atoms with Crippen LogP contribution in [0.1, 0.15) is 37.9 Å². The smallest absolute Gasteiger partial charge is 0.106 e. The molecular weight excluding hydrogens is 220 g/mol. The van der Waals surface area contributed by atoms with E-state index in [1.165, 1.54) is 11.3 Å². The van der Waals surface area contributed by atoms with Gasteiger partial charge in [0.1, 0.15) is 5.82 Å². The third-order valence-corrected chi connectivity index (χ3v) is 3.03. The van der Waals surface area contributed by atoms with E-state index in [0.29, 0.717) is 5.41 Å². The highest BCUT2D eigenvalue weighted by Gasteiger charge is 2.16. The molecular formula is C16H22N2. The van der Waals surface area contributed by atoms with Gasteiger partial charge in [0.05, 0.1) is 0 Å². The Morgan fingerprint density at radius 1 is 1.11 bits per heavy atom. The molecule has 0 atom stereocenters. The average Bonchev–Trinajstić information content (AvgIpc) is 2.61. The summed E-state index contributed by atoms with van der Waals surface area (Å²) >= 11 is 0. The van der Waals surface area contributed by atoms with E-state index in [-0.39, 0.29) is 0 Å². The van der Waals surface area contributed by atoms with Crippen LogP contribution in [0.3, 0.4) is 0 Å². The third-order valence-electron chi connectivity index (χ3n) is 3.03. The summed E-state index contributed by atoms with van der Waals surface area (Å²) in [5, 5.41) is 0. The quantitative estimate of drug-likeness (QED) is 0.800. The van der Waals surface area contributed by atoms with Gasteiger partial charge in [0.2, 0.25) is 0 Å². The van der Waals surface area contributed by atoms with Gasteiger partial charge in [-0.25, -0.2) is 4.98 Å². The number of benzene rings is 1. The van der Waals surface area contributed by atoms with Crippen molar-refractivity contribution in [2.24, 2.45) is 5.41 Å². The van der Waals surface area contributed by atoms with Gasteiger partial charge in [0.25, 0.3) is 0 Å². The van der Waals surface area contributed by atoms with Gasteiger partial charge in [-0.2, -0.15) is 0 Å². The molecule has 2 aromatic rings. The minimum Gasteiger partial charge on any atom is -0.328 e. The first-order valence-corrected chi connectivity index (χ1v) is 6.51. The van der Waals surface area contributed by atoms with Crippen LogP contribution in [0.15, 0.2) is 36.5 Å². The van der Waals surface area contributed by atoms with Crippen molar-refractivity contribution in [3.63, 3.8) is 0 Å². The van der Waals surface area contributed by atoms with Crippen molar-refractivity contribution in [1.82, 2.24) is 9.55 Å². The molecule has 0 unspecified atom stereocenters. The van der Waals surface area contributed by atoms with Crippen molar-refractivity contribution in [2.75, 3.05) is 0 Å². The SMILES string of the molecule is Cc1ncc(CC(C)(C)C)n1Cc1ccccc1. The predicted octanol–water partition coefficient (Wildman–Crippen LogP) is 3.83. The van der Waals surface area contributed by atoms with E-state index in [0.717, 1.165) is 18.8 Å². The summed E-state index contributed by atoms with van der Waals surface area (Å²) < 4.78 is 2.32. The summed E-state index contributed by atoms with van der Waals surface area (Å²) in [5.74, 6) is 1.10. The third kappa shape index (κ3) is 3.22. The molecule has 0 aliphatic carbocycles. The van der Waals surface area contributed by atoms with Crippen LogP contribution in [0, 0.1) is 12.3 Å². The lowest BCUT2D eigenvalue weighted by molar-refractivity contribution is 0.399. The number of nitrogens with zero attached hydrogens (tertiary/aromatic N) is 2. The Balaban J connectivity index is 2.25. The van der Waals surface area contributed by atoms with Crippen molar-refractivity contribution in [3.05, 3.63) is 53.6 Å². The minimum atomic E-state index is 0.293. The minimum absolute atomic E-state index is 0.293. The van der Waals surface area contributed by atoms with Crippen LogP contribution in [-0.2, 0) is 13.0 Å². The first-order chi connectivity index (χ1) is 8.46. The van der Waals surface area contributed by atoms with Crippen LogP contribution in [0.4, 0.5) is 0 Å². The first-order valence-electron chi connectivity index (χ1n) is 6.51. The van der Waals surface area contributed by atoms with Gasteiger partial charge in [-0.3, -0.25) is 0 Å². The fraction of sp³-hybridized carbons (Fsp3) is 0.438. The van der Waals surface area contributed by atoms with Gasteiger partial charge in [0.15, 0.2) is 0 Å². The molecule has 2 rings (SSSR count). The summed E-state index contributed by atoms with van der Waals surface area (Å²) in [5.41, 5.74) is 2.94. The number of rotatable bonds is 3. The lowest BCUT2D eigenvalue weighted by Crippen LogP contribution is -2.14. The fourth-order valence-electron chi connectivity index (χ4n) is 2.18. The molecule has 18 heavy (non-hydrogen) atoms. The molecule has 0 saturated heterocycles. The van der Waals surface area contributed by atoms with Crippen LogP contribution in [-0.4, -0.2) is 9.55 Å². The summed E-state index contributed by atoms with van der Waals surface area (Å²) in [6.07, 6.45) is 3.07. The van der Waals surface area contributed by atoms with Crippen molar-refractivity contribution in [2.45, 2.75) is 40.7 Å². The largest absolute Gasteiger partial charge is 0.328 e. The molecule has 2 nitrogen and oxygen atoms in total. The highest BCUT2D eigenvalue weighted by Crippen LogP contribution is 2.21. The molecule has 0 aliphatic heterocycles. The second-order valence-corrected chi connectivity index (χ2v) is 6.11. The maximum atomic E-state index is 4.46. The van der Waals surface area contributed by atoms with E-state index < -0.39 is 0 Å². The van der Waals surface area contributed by atoms with Crippen molar-refractivity contribution in [1.29, 1.82) is 0 Å². The summed E-state index contributed by atoms with van der Waals surface area (Å²) in [6, 6.07) is 10.6. The highest BCUT2D eigenvalue weighted by molar-refractivity contribution is 5.17. The first kappa shape index (κ1) is 12.9. The molecule has 0 saturated carbocycles. The molecule has 0 aliphatic rings.